The molecule has 2 rings (SSSR count). The van der Waals surface area contributed by atoms with E-state index < -0.39 is 5.97 Å². The monoisotopic (exact) mass is 334 g/mol. The molecule has 1 amide bonds. The number of ether oxygens (including phenoxy) is 1. The molecule has 0 spiro atoms. The summed E-state index contributed by atoms with van der Waals surface area (Å²) in [4.78, 5) is 26.5. The van der Waals surface area contributed by atoms with E-state index in [4.69, 9.17) is 9.84 Å². The van der Waals surface area contributed by atoms with E-state index in [2.05, 4.69) is 22.4 Å². The zero-order valence-corrected chi connectivity index (χ0v) is 13.6. The highest BCUT2D eigenvalue weighted by molar-refractivity contribution is 7.09. The summed E-state index contributed by atoms with van der Waals surface area (Å²) >= 11 is 1.44. The summed E-state index contributed by atoms with van der Waals surface area (Å²) in [5.41, 5.74) is 2.73. The van der Waals surface area contributed by atoms with Crippen LogP contribution in [-0.2, 0) is 16.0 Å². The van der Waals surface area contributed by atoms with Gasteiger partial charge in [0, 0.05) is 18.3 Å². The van der Waals surface area contributed by atoms with Gasteiger partial charge in [-0.2, -0.15) is 0 Å². The third-order valence-corrected chi connectivity index (χ3v) is 3.87. The van der Waals surface area contributed by atoms with Gasteiger partial charge in [0.2, 0.25) is 0 Å². The van der Waals surface area contributed by atoms with Crippen molar-refractivity contribution in [2.75, 3.05) is 19.8 Å². The number of nitrogens with zero attached hydrogens (tertiary/aromatic N) is 1. The average molecular weight is 334 g/mol. The Balaban J connectivity index is 1.80. The van der Waals surface area contributed by atoms with Gasteiger partial charge in [-0.15, -0.1) is 11.3 Å². The van der Waals surface area contributed by atoms with Crippen LogP contribution in [0.1, 0.15) is 26.6 Å². The molecular weight excluding hydrogens is 316 g/mol. The Hall–Kier alpha value is -2.25. The molecule has 2 aromatic rings. The van der Waals surface area contributed by atoms with Crippen LogP contribution in [0.5, 0.6) is 0 Å². The molecule has 1 heterocycles. The van der Waals surface area contributed by atoms with Crippen LogP contribution in [0.4, 0.5) is 0 Å². The highest BCUT2D eigenvalue weighted by Crippen LogP contribution is 2.15. The summed E-state index contributed by atoms with van der Waals surface area (Å²) in [7, 11) is 0. The first-order valence-electron chi connectivity index (χ1n) is 7.12. The van der Waals surface area contributed by atoms with Crippen LogP contribution in [0.2, 0.25) is 0 Å². The van der Waals surface area contributed by atoms with Gasteiger partial charge in [0.25, 0.3) is 5.91 Å². The minimum atomic E-state index is -1.03. The van der Waals surface area contributed by atoms with Gasteiger partial charge in [0.15, 0.2) is 0 Å². The predicted molar refractivity (Wildman–Crippen MR) is 86.9 cm³/mol. The minimum Gasteiger partial charge on any atom is -0.480 e. The largest absolute Gasteiger partial charge is 0.480 e. The number of carboxylic acid groups (broad SMARTS) is 1. The maximum Gasteiger partial charge on any atom is 0.329 e. The molecule has 2 N–H and O–H groups in total. The number of carbonyl (C=O) groups is 2. The van der Waals surface area contributed by atoms with E-state index in [-0.39, 0.29) is 25.7 Å². The zero-order valence-electron chi connectivity index (χ0n) is 12.7. The van der Waals surface area contributed by atoms with Crippen LogP contribution in [0, 0.1) is 6.92 Å². The maximum absolute atomic E-state index is 11.9. The van der Waals surface area contributed by atoms with Crippen molar-refractivity contribution in [3.05, 3.63) is 51.5 Å². The number of hydrogen-bond acceptors (Lipinski definition) is 5. The SMILES string of the molecule is Cc1ccc(Cc2nc(C(=O)NCCOCC(=O)O)cs2)cc1. The Morgan fingerprint density at radius 1 is 1.30 bits per heavy atom. The molecule has 23 heavy (non-hydrogen) atoms. The summed E-state index contributed by atoms with van der Waals surface area (Å²) in [6.45, 7) is 2.07. The number of hydrogen-bond donors (Lipinski definition) is 2. The Kier molecular flexibility index (Phi) is 6.25. The van der Waals surface area contributed by atoms with E-state index in [1.807, 2.05) is 19.1 Å². The number of rotatable bonds is 8. The van der Waals surface area contributed by atoms with Gasteiger partial charge in [-0.3, -0.25) is 4.79 Å². The molecule has 1 aromatic carbocycles. The van der Waals surface area contributed by atoms with E-state index in [0.717, 1.165) is 10.6 Å². The number of aliphatic carboxylic acids is 1. The Morgan fingerprint density at radius 2 is 2.04 bits per heavy atom. The van der Waals surface area contributed by atoms with Gasteiger partial charge < -0.3 is 15.2 Å². The average Bonchev–Trinajstić information content (AvgIpc) is 2.97. The number of carbonyl (C=O) groups excluding carboxylic acids is 1. The van der Waals surface area contributed by atoms with Crippen molar-refractivity contribution in [1.82, 2.24) is 10.3 Å². The Labute approximate surface area is 138 Å². The highest BCUT2D eigenvalue weighted by atomic mass is 32.1. The van der Waals surface area contributed by atoms with Crippen molar-refractivity contribution in [1.29, 1.82) is 0 Å². The topological polar surface area (TPSA) is 88.5 Å². The van der Waals surface area contributed by atoms with Crippen molar-refractivity contribution in [2.45, 2.75) is 13.3 Å². The quantitative estimate of drug-likeness (QED) is 0.720. The molecule has 0 aliphatic heterocycles. The van der Waals surface area contributed by atoms with Gasteiger partial charge in [-0.05, 0) is 12.5 Å². The first kappa shape index (κ1) is 17.1. The van der Waals surface area contributed by atoms with Gasteiger partial charge in [0.1, 0.15) is 12.3 Å². The maximum atomic E-state index is 11.9. The number of amides is 1. The minimum absolute atomic E-state index is 0.151. The third kappa shape index (κ3) is 5.80. The van der Waals surface area contributed by atoms with E-state index in [1.165, 1.54) is 16.9 Å². The van der Waals surface area contributed by atoms with Gasteiger partial charge in [-0.1, -0.05) is 29.8 Å². The fraction of sp³-hybridized carbons (Fsp3) is 0.312. The molecule has 0 atom stereocenters. The smallest absolute Gasteiger partial charge is 0.329 e. The van der Waals surface area contributed by atoms with Gasteiger partial charge in [-0.25, -0.2) is 9.78 Å². The normalized spacial score (nSPS) is 10.5. The summed E-state index contributed by atoms with van der Waals surface area (Å²) in [5, 5.41) is 13.7. The van der Waals surface area contributed by atoms with Crippen molar-refractivity contribution in [2.24, 2.45) is 0 Å². The van der Waals surface area contributed by atoms with E-state index in [9.17, 15) is 9.59 Å². The van der Waals surface area contributed by atoms with E-state index >= 15 is 0 Å². The lowest BCUT2D eigenvalue weighted by Crippen LogP contribution is -2.28. The number of benzene rings is 1. The Bertz CT molecular complexity index is 667. The lowest BCUT2D eigenvalue weighted by atomic mass is 10.1. The molecule has 0 aliphatic carbocycles. The first-order chi connectivity index (χ1) is 11.0. The molecule has 0 saturated carbocycles. The fourth-order valence-electron chi connectivity index (χ4n) is 1.86. The van der Waals surface area contributed by atoms with Crippen LogP contribution in [-0.4, -0.2) is 41.7 Å². The van der Waals surface area contributed by atoms with E-state index in [0.29, 0.717) is 12.1 Å². The second-order valence-electron chi connectivity index (χ2n) is 4.99. The van der Waals surface area contributed by atoms with Crippen LogP contribution < -0.4 is 5.32 Å². The molecule has 0 unspecified atom stereocenters. The number of thiazole rings is 1. The summed E-state index contributed by atoms with van der Waals surface area (Å²) in [6, 6.07) is 8.20. The predicted octanol–water partition coefficient (Wildman–Crippen LogP) is 1.87. The number of aromatic nitrogens is 1. The highest BCUT2D eigenvalue weighted by Gasteiger charge is 2.10. The van der Waals surface area contributed by atoms with Crippen LogP contribution >= 0.6 is 11.3 Å². The van der Waals surface area contributed by atoms with Gasteiger partial charge >= 0.3 is 5.97 Å². The number of carboxylic acids is 1. The van der Waals surface area contributed by atoms with Gasteiger partial charge in [0.05, 0.1) is 11.6 Å². The lowest BCUT2D eigenvalue weighted by Gasteiger charge is -2.03. The summed E-state index contributed by atoms with van der Waals surface area (Å²) in [6.07, 6.45) is 0.694. The first-order valence-corrected chi connectivity index (χ1v) is 8.00. The van der Waals surface area contributed by atoms with Crippen molar-refractivity contribution in [3.63, 3.8) is 0 Å². The van der Waals surface area contributed by atoms with Crippen LogP contribution in [0.3, 0.4) is 0 Å². The number of nitrogens with one attached hydrogen (secondary N) is 1. The molecule has 1 aromatic heterocycles. The molecule has 0 saturated heterocycles. The molecule has 122 valence electrons. The van der Waals surface area contributed by atoms with Crippen molar-refractivity contribution >= 4 is 23.2 Å². The number of aryl methyl sites for hydroxylation is 1. The molecular formula is C16H18N2O4S. The van der Waals surface area contributed by atoms with Crippen LogP contribution in [0.15, 0.2) is 29.6 Å². The molecule has 0 radical (unpaired) electrons. The zero-order chi connectivity index (χ0) is 16.7. The molecule has 0 fully saturated rings. The van der Waals surface area contributed by atoms with E-state index in [1.54, 1.807) is 5.38 Å². The van der Waals surface area contributed by atoms with Crippen LogP contribution in [0.25, 0.3) is 0 Å². The second-order valence-corrected chi connectivity index (χ2v) is 5.93. The molecule has 0 aliphatic rings. The molecule has 0 bridgehead atoms. The Morgan fingerprint density at radius 3 is 2.74 bits per heavy atom. The fourth-order valence-corrected chi connectivity index (χ4v) is 2.67. The van der Waals surface area contributed by atoms with Crippen molar-refractivity contribution in [3.8, 4) is 0 Å². The third-order valence-electron chi connectivity index (χ3n) is 3.02. The molecule has 7 heteroatoms. The second kappa shape index (κ2) is 8.40. The standard InChI is InChI=1S/C16H18N2O4S/c1-11-2-4-12(5-3-11)8-14-18-13(10-23-14)16(21)17-6-7-22-9-15(19)20/h2-5,10H,6-9H2,1H3,(H,17,21)(H,19,20). The summed E-state index contributed by atoms with van der Waals surface area (Å²) < 4.78 is 4.84. The lowest BCUT2D eigenvalue weighted by molar-refractivity contribution is -0.142. The summed E-state index contributed by atoms with van der Waals surface area (Å²) in [5.74, 6) is -1.31. The van der Waals surface area contributed by atoms with Crippen molar-refractivity contribution < 1.29 is 19.4 Å². The molecule has 6 nitrogen and oxygen atoms in total.